The average Bonchev–Trinajstić information content (AvgIpc) is 3.04. The average molecular weight is 376 g/mol. The molecule has 2 N–H and O–H groups in total. The van der Waals surface area contributed by atoms with Gasteiger partial charge in [-0.1, -0.05) is 24.3 Å². The maximum atomic E-state index is 12.7. The molecule has 0 aromatic heterocycles. The molecule has 2 fully saturated rings. The zero-order valence-corrected chi connectivity index (χ0v) is 16.4. The van der Waals surface area contributed by atoms with Crippen molar-refractivity contribution in [2.75, 3.05) is 39.3 Å². The zero-order valence-electron chi connectivity index (χ0n) is 16.4. The number of morpholine rings is 1. The second kappa shape index (κ2) is 9.15. The molecule has 0 radical (unpaired) electrons. The molecular weight excluding hydrogens is 344 g/mol. The maximum absolute atomic E-state index is 12.7. The maximum Gasteiger partial charge on any atom is 0.227 e. The van der Waals surface area contributed by atoms with Crippen LogP contribution in [-0.2, 0) is 22.6 Å². The molecule has 0 bridgehead atoms. The Morgan fingerprint density at radius 3 is 2.19 bits per heavy atom. The second-order valence-corrected chi connectivity index (χ2v) is 8.13. The summed E-state index contributed by atoms with van der Waals surface area (Å²) in [7, 11) is 0. The van der Waals surface area contributed by atoms with Gasteiger partial charge in [-0.05, 0) is 30.9 Å². The molecule has 3 rings (SSSR count). The van der Waals surface area contributed by atoms with Gasteiger partial charge in [0.05, 0.1) is 25.2 Å². The van der Waals surface area contributed by atoms with Crippen LogP contribution >= 0.6 is 0 Å². The second-order valence-electron chi connectivity index (χ2n) is 8.13. The summed E-state index contributed by atoms with van der Waals surface area (Å²) >= 11 is 0. The first-order chi connectivity index (χ1) is 13.0. The zero-order chi connectivity index (χ0) is 19.4. The molecule has 4 atom stereocenters. The fraction of sp³-hybridized carbons (Fsp3) is 0.667. The Labute approximate surface area is 161 Å². The van der Waals surface area contributed by atoms with E-state index >= 15 is 0 Å². The molecule has 1 aromatic carbocycles. The number of nitrogens with zero attached hydrogens (tertiary/aromatic N) is 2. The number of hydrogen-bond donors (Lipinski definition) is 2. The Morgan fingerprint density at radius 1 is 1.00 bits per heavy atom. The molecule has 0 saturated carbocycles. The highest BCUT2D eigenvalue weighted by Gasteiger charge is 2.36. The lowest BCUT2D eigenvalue weighted by Crippen LogP contribution is -2.48. The molecule has 1 amide bonds. The van der Waals surface area contributed by atoms with Crippen molar-refractivity contribution in [1.82, 2.24) is 9.80 Å². The monoisotopic (exact) mass is 376 g/mol. The Hall–Kier alpha value is -1.47. The van der Waals surface area contributed by atoms with Crippen LogP contribution in [0, 0.1) is 11.8 Å². The van der Waals surface area contributed by atoms with Crippen LogP contribution in [0.25, 0.3) is 0 Å². The standard InChI is InChI=1S/C21H32N2O4/c1-15-8-22(9-16(2)27-15)10-19-11-23(12-20(19)14-25)21(26)7-17-3-5-18(13-24)6-4-17/h3-6,15-16,19-20,24-25H,7-14H2,1-2H3/t15-,16+,19-,20-/m1/s1. The molecular formula is C21H32N2O4. The number of aliphatic hydroxyl groups is 2. The van der Waals surface area contributed by atoms with E-state index in [9.17, 15) is 9.90 Å². The number of benzene rings is 1. The molecule has 0 unspecified atom stereocenters. The number of amides is 1. The molecule has 1 aromatic rings. The van der Waals surface area contributed by atoms with E-state index in [0.29, 0.717) is 25.4 Å². The highest BCUT2D eigenvalue weighted by Crippen LogP contribution is 2.26. The molecule has 6 heteroatoms. The van der Waals surface area contributed by atoms with Crippen LogP contribution < -0.4 is 0 Å². The lowest BCUT2D eigenvalue weighted by Gasteiger charge is -2.37. The number of rotatable bonds is 6. The topological polar surface area (TPSA) is 73.2 Å². The van der Waals surface area contributed by atoms with E-state index in [0.717, 1.165) is 30.8 Å². The predicted molar refractivity (Wildman–Crippen MR) is 103 cm³/mol. The minimum atomic E-state index is 0.0129. The molecule has 2 heterocycles. The third-order valence-electron chi connectivity index (χ3n) is 5.71. The van der Waals surface area contributed by atoms with Gasteiger partial charge in [-0.2, -0.15) is 0 Å². The molecule has 2 saturated heterocycles. The first-order valence-electron chi connectivity index (χ1n) is 9.93. The fourth-order valence-electron chi connectivity index (χ4n) is 4.37. The molecule has 2 aliphatic heterocycles. The normalized spacial score (nSPS) is 29.3. The van der Waals surface area contributed by atoms with Crippen LogP contribution in [0.15, 0.2) is 24.3 Å². The molecule has 2 aliphatic rings. The van der Waals surface area contributed by atoms with Gasteiger partial charge in [0.1, 0.15) is 0 Å². The van der Waals surface area contributed by atoms with E-state index in [4.69, 9.17) is 9.84 Å². The van der Waals surface area contributed by atoms with Gasteiger partial charge >= 0.3 is 0 Å². The smallest absolute Gasteiger partial charge is 0.227 e. The first kappa shape index (κ1) is 20.3. The quantitative estimate of drug-likeness (QED) is 0.772. The van der Waals surface area contributed by atoms with Gasteiger partial charge in [-0.15, -0.1) is 0 Å². The van der Waals surface area contributed by atoms with E-state index in [1.54, 1.807) is 0 Å². The SMILES string of the molecule is C[C@@H]1CN(C[C@@H]2CN(C(=O)Cc3ccc(CO)cc3)C[C@@H]2CO)C[C@H](C)O1. The summed E-state index contributed by atoms with van der Waals surface area (Å²) in [5, 5.41) is 18.9. The Bertz CT molecular complexity index is 611. The molecule has 0 spiro atoms. The van der Waals surface area contributed by atoms with Crippen molar-refractivity contribution < 1.29 is 19.7 Å². The summed E-state index contributed by atoms with van der Waals surface area (Å²) in [6, 6.07) is 7.51. The van der Waals surface area contributed by atoms with Gasteiger partial charge in [-0.3, -0.25) is 9.69 Å². The van der Waals surface area contributed by atoms with E-state index in [-0.39, 0.29) is 37.2 Å². The molecule has 0 aliphatic carbocycles. The van der Waals surface area contributed by atoms with Crippen molar-refractivity contribution in [3.63, 3.8) is 0 Å². The summed E-state index contributed by atoms with van der Waals surface area (Å²) in [6.07, 6.45) is 0.812. The van der Waals surface area contributed by atoms with Gasteiger partial charge in [-0.25, -0.2) is 0 Å². The van der Waals surface area contributed by atoms with Gasteiger partial charge in [0, 0.05) is 45.2 Å². The highest BCUT2D eigenvalue weighted by atomic mass is 16.5. The number of ether oxygens (including phenoxy) is 1. The Balaban J connectivity index is 1.56. The fourth-order valence-corrected chi connectivity index (χ4v) is 4.37. The summed E-state index contributed by atoms with van der Waals surface area (Å²) in [5.41, 5.74) is 1.80. The number of hydrogen-bond acceptors (Lipinski definition) is 5. The largest absolute Gasteiger partial charge is 0.396 e. The van der Waals surface area contributed by atoms with E-state index in [1.807, 2.05) is 29.2 Å². The molecule has 150 valence electrons. The van der Waals surface area contributed by atoms with Crippen LogP contribution in [0.5, 0.6) is 0 Å². The predicted octanol–water partition coefficient (Wildman–Crippen LogP) is 0.898. The molecule has 6 nitrogen and oxygen atoms in total. The van der Waals surface area contributed by atoms with Crippen molar-refractivity contribution in [2.45, 2.75) is 39.1 Å². The van der Waals surface area contributed by atoms with E-state index in [2.05, 4.69) is 18.7 Å². The van der Waals surface area contributed by atoms with Crippen LogP contribution in [0.4, 0.5) is 0 Å². The van der Waals surface area contributed by atoms with Gasteiger partial charge in [0.25, 0.3) is 0 Å². The summed E-state index contributed by atoms with van der Waals surface area (Å²) in [4.78, 5) is 17.0. The van der Waals surface area contributed by atoms with E-state index in [1.165, 1.54) is 0 Å². The van der Waals surface area contributed by atoms with Gasteiger partial charge < -0.3 is 19.8 Å². The number of likely N-dealkylation sites (tertiary alicyclic amines) is 1. The van der Waals surface area contributed by atoms with Gasteiger partial charge in [0.15, 0.2) is 0 Å². The lowest BCUT2D eigenvalue weighted by molar-refractivity contribution is -0.129. The van der Waals surface area contributed by atoms with Crippen molar-refractivity contribution in [3.8, 4) is 0 Å². The van der Waals surface area contributed by atoms with Crippen molar-refractivity contribution in [1.29, 1.82) is 0 Å². The minimum Gasteiger partial charge on any atom is -0.396 e. The van der Waals surface area contributed by atoms with E-state index < -0.39 is 0 Å². The van der Waals surface area contributed by atoms with Crippen LogP contribution in [0.3, 0.4) is 0 Å². The number of aliphatic hydroxyl groups excluding tert-OH is 2. The third kappa shape index (κ3) is 5.29. The van der Waals surface area contributed by atoms with Crippen LogP contribution in [0.1, 0.15) is 25.0 Å². The van der Waals surface area contributed by atoms with Crippen molar-refractivity contribution in [3.05, 3.63) is 35.4 Å². The van der Waals surface area contributed by atoms with Crippen molar-refractivity contribution >= 4 is 5.91 Å². The number of carbonyl (C=O) groups is 1. The minimum absolute atomic E-state index is 0.0129. The first-order valence-corrected chi connectivity index (χ1v) is 9.93. The van der Waals surface area contributed by atoms with Crippen molar-refractivity contribution in [2.24, 2.45) is 11.8 Å². The van der Waals surface area contributed by atoms with Gasteiger partial charge in [0.2, 0.25) is 5.91 Å². The lowest BCUT2D eigenvalue weighted by atomic mass is 9.96. The summed E-state index contributed by atoms with van der Waals surface area (Å²) in [6.45, 7) is 8.38. The Kier molecular flexibility index (Phi) is 6.87. The van der Waals surface area contributed by atoms with Crippen LogP contribution in [0.2, 0.25) is 0 Å². The highest BCUT2D eigenvalue weighted by molar-refractivity contribution is 5.79. The summed E-state index contributed by atoms with van der Waals surface area (Å²) < 4.78 is 5.81. The van der Waals surface area contributed by atoms with Crippen LogP contribution in [-0.4, -0.2) is 77.5 Å². The Morgan fingerprint density at radius 2 is 1.59 bits per heavy atom. The summed E-state index contributed by atoms with van der Waals surface area (Å²) in [5.74, 6) is 0.545. The molecule has 27 heavy (non-hydrogen) atoms. The third-order valence-corrected chi connectivity index (χ3v) is 5.71. The number of carbonyl (C=O) groups excluding carboxylic acids is 1.